The predicted molar refractivity (Wildman–Crippen MR) is 54.6 cm³/mol. The SMILES string of the molecule is CC(Cc1cc(Br)c(F)cc1F)C(=O)O. The van der Waals surface area contributed by atoms with Gasteiger partial charge in [0.05, 0.1) is 10.4 Å². The first-order valence-electron chi connectivity index (χ1n) is 4.28. The molecule has 5 heteroatoms. The maximum Gasteiger partial charge on any atom is 0.306 e. The minimum atomic E-state index is -1.00. The van der Waals surface area contributed by atoms with Crippen LogP contribution in [0.2, 0.25) is 0 Å². The lowest BCUT2D eigenvalue weighted by Gasteiger charge is -2.08. The molecule has 0 saturated carbocycles. The van der Waals surface area contributed by atoms with Crippen LogP contribution in [0.15, 0.2) is 16.6 Å². The molecule has 0 aliphatic carbocycles. The molecule has 1 atom stereocenters. The number of carboxylic acid groups (broad SMARTS) is 1. The Morgan fingerprint density at radius 3 is 2.60 bits per heavy atom. The van der Waals surface area contributed by atoms with E-state index in [0.29, 0.717) is 0 Å². The van der Waals surface area contributed by atoms with E-state index in [1.54, 1.807) is 0 Å². The van der Waals surface area contributed by atoms with Crippen molar-refractivity contribution in [2.75, 3.05) is 0 Å². The first kappa shape index (κ1) is 12.1. The van der Waals surface area contributed by atoms with Crippen molar-refractivity contribution in [1.82, 2.24) is 0 Å². The Kier molecular flexibility index (Phi) is 3.79. The van der Waals surface area contributed by atoms with E-state index in [0.717, 1.165) is 6.07 Å². The van der Waals surface area contributed by atoms with Crippen LogP contribution in [0.5, 0.6) is 0 Å². The Bertz CT molecular complexity index is 393. The second kappa shape index (κ2) is 4.70. The summed E-state index contributed by atoms with van der Waals surface area (Å²) in [5.41, 5.74) is 0.193. The molecule has 82 valence electrons. The molecule has 0 amide bonds. The van der Waals surface area contributed by atoms with Crippen molar-refractivity contribution in [3.8, 4) is 0 Å². The summed E-state index contributed by atoms with van der Waals surface area (Å²) in [7, 11) is 0. The summed E-state index contributed by atoms with van der Waals surface area (Å²) in [5, 5.41) is 8.65. The second-order valence-corrected chi connectivity index (χ2v) is 4.16. The minimum Gasteiger partial charge on any atom is -0.481 e. The molecule has 2 nitrogen and oxygen atoms in total. The van der Waals surface area contributed by atoms with E-state index in [4.69, 9.17) is 5.11 Å². The molecule has 1 unspecified atom stereocenters. The van der Waals surface area contributed by atoms with Crippen LogP contribution in [0.3, 0.4) is 0 Å². The maximum absolute atomic E-state index is 13.2. The predicted octanol–water partition coefficient (Wildman–Crippen LogP) is 2.99. The summed E-state index contributed by atoms with van der Waals surface area (Å²) in [6.45, 7) is 1.47. The lowest BCUT2D eigenvalue weighted by atomic mass is 10.0. The first-order chi connectivity index (χ1) is 6.91. The Morgan fingerprint density at radius 2 is 2.07 bits per heavy atom. The lowest BCUT2D eigenvalue weighted by Crippen LogP contribution is -2.13. The molecule has 0 radical (unpaired) electrons. The Morgan fingerprint density at radius 1 is 1.47 bits per heavy atom. The number of rotatable bonds is 3. The molecule has 0 spiro atoms. The smallest absolute Gasteiger partial charge is 0.306 e. The number of aliphatic carboxylic acids is 1. The van der Waals surface area contributed by atoms with E-state index in [9.17, 15) is 13.6 Å². The Hall–Kier alpha value is -0.970. The van der Waals surface area contributed by atoms with Gasteiger partial charge in [-0.3, -0.25) is 4.79 Å². The molecule has 0 aliphatic rings. The van der Waals surface area contributed by atoms with Crippen molar-refractivity contribution < 1.29 is 18.7 Å². The summed E-state index contributed by atoms with van der Waals surface area (Å²) in [6.07, 6.45) is 0.0417. The van der Waals surface area contributed by atoms with Crippen LogP contribution in [0.4, 0.5) is 8.78 Å². The highest BCUT2D eigenvalue weighted by molar-refractivity contribution is 9.10. The van der Waals surface area contributed by atoms with Crippen LogP contribution in [-0.4, -0.2) is 11.1 Å². The summed E-state index contributed by atoms with van der Waals surface area (Å²) in [4.78, 5) is 10.6. The van der Waals surface area contributed by atoms with Gasteiger partial charge in [0, 0.05) is 6.07 Å². The van der Waals surface area contributed by atoms with Gasteiger partial charge in [-0.1, -0.05) is 6.92 Å². The zero-order chi connectivity index (χ0) is 11.6. The summed E-state index contributed by atoms with van der Waals surface area (Å²) >= 11 is 2.92. The molecule has 0 saturated heterocycles. The third kappa shape index (κ3) is 2.99. The minimum absolute atomic E-state index is 0.0417. The molecule has 15 heavy (non-hydrogen) atoms. The molecule has 1 N–H and O–H groups in total. The van der Waals surface area contributed by atoms with Gasteiger partial charge in [-0.15, -0.1) is 0 Å². The topological polar surface area (TPSA) is 37.3 Å². The van der Waals surface area contributed by atoms with Gasteiger partial charge in [0.2, 0.25) is 0 Å². The van der Waals surface area contributed by atoms with Crippen molar-refractivity contribution in [1.29, 1.82) is 0 Å². The number of carboxylic acids is 1. The molecule has 1 rings (SSSR count). The summed E-state index contributed by atoms with van der Waals surface area (Å²) < 4.78 is 26.2. The van der Waals surface area contributed by atoms with Crippen LogP contribution in [0.25, 0.3) is 0 Å². The Balaban J connectivity index is 2.95. The van der Waals surface area contributed by atoms with E-state index in [1.807, 2.05) is 0 Å². The number of halogens is 3. The monoisotopic (exact) mass is 278 g/mol. The Labute approximate surface area is 94.0 Å². The number of benzene rings is 1. The van der Waals surface area contributed by atoms with E-state index in [-0.39, 0.29) is 16.5 Å². The first-order valence-corrected chi connectivity index (χ1v) is 5.07. The van der Waals surface area contributed by atoms with Crippen molar-refractivity contribution >= 4 is 21.9 Å². The standard InChI is InChI=1S/C10H9BrF2O2/c1-5(10(14)15)2-6-3-7(11)9(13)4-8(6)12/h3-5H,2H2,1H3,(H,14,15). The van der Waals surface area contributed by atoms with Crippen LogP contribution in [0, 0.1) is 17.6 Å². The van der Waals surface area contributed by atoms with E-state index >= 15 is 0 Å². The highest BCUT2D eigenvalue weighted by atomic mass is 79.9. The van der Waals surface area contributed by atoms with Gasteiger partial charge < -0.3 is 5.11 Å². The highest BCUT2D eigenvalue weighted by Gasteiger charge is 2.15. The van der Waals surface area contributed by atoms with Crippen molar-refractivity contribution in [2.45, 2.75) is 13.3 Å². The molecule has 0 aromatic heterocycles. The fraction of sp³-hybridized carbons (Fsp3) is 0.300. The number of hydrogen-bond acceptors (Lipinski definition) is 1. The zero-order valence-electron chi connectivity index (χ0n) is 7.93. The average Bonchev–Trinajstić information content (AvgIpc) is 2.13. The fourth-order valence-corrected chi connectivity index (χ4v) is 1.53. The van der Waals surface area contributed by atoms with Crippen LogP contribution in [0.1, 0.15) is 12.5 Å². The van der Waals surface area contributed by atoms with Crippen molar-refractivity contribution in [3.63, 3.8) is 0 Å². The molecule has 0 fully saturated rings. The molecule has 0 aliphatic heterocycles. The van der Waals surface area contributed by atoms with Gasteiger partial charge in [-0.05, 0) is 34.0 Å². The molecule has 1 aromatic rings. The number of carbonyl (C=O) groups is 1. The van der Waals surface area contributed by atoms with Gasteiger partial charge in [0.1, 0.15) is 11.6 Å². The highest BCUT2D eigenvalue weighted by Crippen LogP contribution is 2.22. The fourth-order valence-electron chi connectivity index (χ4n) is 1.14. The molecule has 1 aromatic carbocycles. The lowest BCUT2D eigenvalue weighted by molar-refractivity contribution is -0.141. The maximum atomic E-state index is 13.2. The molecule has 0 bridgehead atoms. The van der Waals surface area contributed by atoms with Crippen molar-refractivity contribution in [2.24, 2.45) is 5.92 Å². The van der Waals surface area contributed by atoms with E-state index in [1.165, 1.54) is 13.0 Å². The summed E-state index contributed by atoms with van der Waals surface area (Å²) in [6, 6.07) is 2.01. The largest absolute Gasteiger partial charge is 0.481 e. The summed E-state index contributed by atoms with van der Waals surface area (Å²) in [5.74, 6) is -3.12. The van der Waals surface area contributed by atoms with Crippen molar-refractivity contribution in [3.05, 3.63) is 33.8 Å². The van der Waals surface area contributed by atoms with Gasteiger partial charge in [0.15, 0.2) is 0 Å². The van der Waals surface area contributed by atoms with Crippen LogP contribution < -0.4 is 0 Å². The van der Waals surface area contributed by atoms with E-state index < -0.39 is 23.5 Å². The third-order valence-electron chi connectivity index (χ3n) is 2.04. The normalized spacial score (nSPS) is 12.5. The van der Waals surface area contributed by atoms with Crippen LogP contribution in [-0.2, 0) is 11.2 Å². The molecule has 0 heterocycles. The number of hydrogen-bond donors (Lipinski definition) is 1. The average molecular weight is 279 g/mol. The zero-order valence-corrected chi connectivity index (χ0v) is 9.51. The second-order valence-electron chi connectivity index (χ2n) is 3.30. The van der Waals surface area contributed by atoms with Crippen LogP contribution >= 0.6 is 15.9 Å². The van der Waals surface area contributed by atoms with E-state index in [2.05, 4.69) is 15.9 Å². The van der Waals surface area contributed by atoms with Gasteiger partial charge in [0.25, 0.3) is 0 Å². The molecular weight excluding hydrogens is 270 g/mol. The quantitative estimate of drug-likeness (QED) is 0.863. The van der Waals surface area contributed by atoms with Gasteiger partial charge in [-0.25, -0.2) is 8.78 Å². The van der Waals surface area contributed by atoms with Gasteiger partial charge >= 0.3 is 5.97 Å². The van der Waals surface area contributed by atoms with Gasteiger partial charge in [-0.2, -0.15) is 0 Å². The third-order valence-corrected chi connectivity index (χ3v) is 2.64. The molecular formula is C10H9BrF2O2.